The van der Waals surface area contributed by atoms with Gasteiger partial charge in [-0.2, -0.15) is 0 Å². The molecule has 0 aromatic heterocycles. The van der Waals surface area contributed by atoms with Gasteiger partial charge in [0.25, 0.3) is 5.91 Å². The quantitative estimate of drug-likeness (QED) is 0.718. The van der Waals surface area contributed by atoms with E-state index in [4.69, 9.17) is 4.74 Å². The Hall–Kier alpha value is -2.53. The van der Waals surface area contributed by atoms with Gasteiger partial charge in [0.15, 0.2) is 6.04 Å². The molecule has 2 atom stereocenters. The Balaban J connectivity index is 1.49. The number of quaternary nitrogens is 1. The van der Waals surface area contributed by atoms with Gasteiger partial charge in [0.1, 0.15) is 5.75 Å². The van der Waals surface area contributed by atoms with Crippen molar-refractivity contribution in [1.82, 2.24) is 5.32 Å². The summed E-state index contributed by atoms with van der Waals surface area (Å²) >= 11 is 0. The summed E-state index contributed by atoms with van der Waals surface area (Å²) < 4.78 is 5.34. The number of carbonyl (C=O) groups is 1. The Morgan fingerprint density at radius 3 is 2.52 bits per heavy atom. The predicted molar refractivity (Wildman–Crippen MR) is 118 cm³/mol. The maximum absolute atomic E-state index is 12.8. The molecule has 2 aromatic carbocycles. The van der Waals surface area contributed by atoms with Gasteiger partial charge in [-0.25, -0.2) is 0 Å². The number of hydrogen-bond acceptors (Lipinski definition) is 3. The first-order chi connectivity index (χ1) is 14.1. The molecule has 0 bridgehead atoms. The molecule has 1 aliphatic heterocycles. The van der Waals surface area contributed by atoms with Crippen molar-refractivity contribution >= 4 is 11.6 Å². The van der Waals surface area contributed by atoms with Crippen LogP contribution < -0.4 is 19.9 Å². The third-order valence-corrected chi connectivity index (χ3v) is 6.12. The van der Waals surface area contributed by atoms with Gasteiger partial charge >= 0.3 is 0 Å². The van der Waals surface area contributed by atoms with Crippen LogP contribution in [0.4, 0.5) is 5.69 Å². The summed E-state index contributed by atoms with van der Waals surface area (Å²) in [5, 5.41) is 3.20. The number of ether oxygens (including phenoxy) is 1. The topological polar surface area (TPSA) is 46.0 Å². The Morgan fingerprint density at radius 2 is 1.86 bits per heavy atom. The highest BCUT2D eigenvalue weighted by Gasteiger charge is 2.29. The highest BCUT2D eigenvalue weighted by Crippen LogP contribution is 2.21. The molecule has 2 aromatic rings. The van der Waals surface area contributed by atoms with Gasteiger partial charge in [-0.1, -0.05) is 43.3 Å². The number of nitrogens with one attached hydrogen (secondary N) is 2. The van der Waals surface area contributed by atoms with E-state index in [1.54, 1.807) is 7.11 Å². The van der Waals surface area contributed by atoms with E-state index in [1.165, 1.54) is 16.2 Å². The van der Waals surface area contributed by atoms with Crippen LogP contribution in [0.5, 0.6) is 5.75 Å². The van der Waals surface area contributed by atoms with E-state index in [9.17, 15) is 4.79 Å². The second-order valence-electron chi connectivity index (χ2n) is 7.83. The van der Waals surface area contributed by atoms with Crippen LogP contribution in [-0.2, 0) is 4.79 Å². The summed E-state index contributed by atoms with van der Waals surface area (Å²) in [6, 6.07) is 18.6. The van der Waals surface area contributed by atoms with Gasteiger partial charge in [0, 0.05) is 24.2 Å². The molecular weight excluding hydrogens is 362 g/mol. The van der Waals surface area contributed by atoms with Crippen molar-refractivity contribution in [3.05, 3.63) is 60.2 Å². The number of piperazine rings is 1. The molecule has 1 amide bonds. The number of anilines is 1. The van der Waals surface area contributed by atoms with Gasteiger partial charge in [-0.05, 0) is 31.0 Å². The monoisotopic (exact) mass is 396 g/mol. The lowest BCUT2D eigenvalue weighted by Crippen LogP contribution is -3.19. The molecule has 5 nitrogen and oxygen atoms in total. The van der Waals surface area contributed by atoms with Crippen molar-refractivity contribution < 1.29 is 14.4 Å². The van der Waals surface area contributed by atoms with Crippen LogP contribution in [0, 0.1) is 0 Å². The molecule has 0 unspecified atom stereocenters. The molecule has 0 radical (unpaired) electrons. The fourth-order valence-electron chi connectivity index (χ4n) is 4.08. The lowest BCUT2D eigenvalue weighted by atomic mass is 9.96. The average Bonchev–Trinajstić information content (AvgIpc) is 2.79. The third-order valence-electron chi connectivity index (χ3n) is 6.12. The lowest BCUT2D eigenvalue weighted by molar-refractivity contribution is -0.914. The summed E-state index contributed by atoms with van der Waals surface area (Å²) in [5.41, 5.74) is 2.48. The number of nitrogens with zero attached hydrogens (tertiary/aromatic N) is 1. The fraction of sp³-hybridized carbons (Fsp3) is 0.458. The molecule has 5 heteroatoms. The van der Waals surface area contributed by atoms with E-state index in [2.05, 4.69) is 60.5 Å². The van der Waals surface area contributed by atoms with Crippen LogP contribution in [-0.4, -0.2) is 51.8 Å². The number of benzene rings is 2. The van der Waals surface area contributed by atoms with Crippen molar-refractivity contribution in [2.75, 3.05) is 44.7 Å². The molecule has 2 N–H and O–H groups in total. The molecule has 1 heterocycles. The molecule has 0 spiro atoms. The smallest absolute Gasteiger partial charge is 0.278 e. The summed E-state index contributed by atoms with van der Waals surface area (Å²) in [5.74, 6) is 1.41. The molecule has 156 valence electrons. The highest BCUT2D eigenvalue weighted by molar-refractivity contribution is 5.80. The summed E-state index contributed by atoms with van der Waals surface area (Å²) in [6.07, 6.45) is 1.02. The maximum atomic E-state index is 12.8. The van der Waals surface area contributed by atoms with E-state index < -0.39 is 0 Å². The number of hydrogen-bond donors (Lipinski definition) is 2. The number of amides is 1. The normalized spacial score (nSPS) is 16.9. The Kier molecular flexibility index (Phi) is 7.53. The standard InChI is InChI=1S/C24H33N3O2/c1-4-20(21-9-6-5-7-10-21)18-25-24(28)19(2)26-13-15-27(16-14-26)22-11-8-12-23(17-22)29-3/h5-12,17,19-20H,4,13-16,18H2,1-3H3,(H,25,28)/p+1/t19-,20+/m1/s1. The van der Waals surface area contributed by atoms with E-state index in [-0.39, 0.29) is 11.9 Å². The Labute approximate surface area is 174 Å². The zero-order chi connectivity index (χ0) is 20.6. The predicted octanol–water partition coefficient (Wildman–Crippen LogP) is 2.10. The minimum Gasteiger partial charge on any atom is -0.497 e. The number of rotatable bonds is 8. The lowest BCUT2D eigenvalue weighted by Gasteiger charge is -2.36. The van der Waals surface area contributed by atoms with Crippen LogP contribution in [0.3, 0.4) is 0 Å². The molecule has 1 fully saturated rings. The van der Waals surface area contributed by atoms with Crippen LogP contribution in [0.25, 0.3) is 0 Å². The average molecular weight is 397 g/mol. The van der Waals surface area contributed by atoms with E-state index in [1.807, 2.05) is 18.2 Å². The molecule has 29 heavy (non-hydrogen) atoms. The largest absolute Gasteiger partial charge is 0.497 e. The zero-order valence-corrected chi connectivity index (χ0v) is 17.9. The molecule has 3 rings (SSSR count). The van der Waals surface area contributed by atoms with E-state index >= 15 is 0 Å². The van der Waals surface area contributed by atoms with Crippen molar-refractivity contribution in [2.24, 2.45) is 0 Å². The Morgan fingerprint density at radius 1 is 1.14 bits per heavy atom. The van der Waals surface area contributed by atoms with Crippen molar-refractivity contribution in [3.63, 3.8) is 0 Å². The number of carbonyl (C=O) groups excluding carboxylic acids is 1. The summed E-state index contributed by atoms with van der Waals surface area (Å²) in [7, 11) is 1.70. The SMILES string of the molecule is CC[C@@H](CNC(=O)[C@@H](C)[NH+]1CCN(c2cccc(OC)c2)CC1)c1ccccc1. The van der Waals surface area contributed by atoms with Crippen LogP contribution in [0.2, 0.25) is 0 Å². The van der Waals surface area contributed by atoms with Crippen LogP contribution in [0.15, 0.2) is 54.6 Å². The van der Waals surface area contributed by atoms with Crippen molar-refractivity contribution in [3.8, 4) is 5.75 Å². The van der Waals surface area contributed by atoms with Gasteiger partial charge < -0.3 is 19.9 Å². The second kappa shape index (κ2) is 10.3. The maximum Gasteiger partial charge on any atom is 0.278 e. The summed E-state index contributed by atoms with van der Waals surface area (Å²) in [6.45, 7) is 8.74. The first-order valence-corrected chi connectivity index (χ1v) is 10.7. The third kappa shape index (κ3) is 5.51. The van der Waals surface area contributed by atoms with Crippen LogP contribution >= 0.6 is 0 Å². The highest BCUT2D eigenvalue weighted by atomic mass is 16.5. The first-order valence-electron chi connectivity index (χ1n) is 10.7. The minimum absolute atomic E-state index is 0.0317. The first kappa shape index (κ1) is 21.2. The minimum atomic E-state index is -0.0317. The van der Waals surface area contributed by atoms with Gasteiger partial charge in [0.2, 0.25) is 0 Å². The van der Waals surface area contributed by atoms with E-state index in [0.29, 0.717) is 12.5 Å². The Bertz CT molecular complexity index is 773. The summed E-state index contributed by atoms with van der Waals surface area (Å²) in [4.78, 5) is 16.5. The van der Waals surface area contributed by atoms with Crippen molar-refractivity contribution in [1.29, 1.82) is 0 Å². The van der Waals surface area contributed by atoms with Gasteiger partial charge in [0.05, 0.1) is 33.3 Å². The number of methoxy groups -OCH3 is 1. The zero-order valence-electron chi connectivity index (χ0n) is 17.9. The van der Waals surface area contributed by atoms with Gasteiger partial charge in [-0.15, -0.1) is 0 Å². The molecule has 0 saturated carbocycles. The second-order valence-corrected chi connectivity index (χ2v) is 7.83. The van der Waals surface area contributed by atoms with Crippen LogP contribution in [0.1, 0.15) is 31.7 Å². The van der Waals surface area contributed by atoms with Gasteiger partial charge in [-0.3, -0.25) is 4.79 Å². The molecule has 1 saturated heterocycles. The fourth-order valence-corrected chi connectivity index (χ4v) is 4.08. The molecule has 1 aliphatic rings. The molecule has 0 aliphatic carbocycles. The molecular formula is C24H34N3O2+. The van der Waals surface area contributed by atoms with E-state index in [0.717, 1.165) is 38.3 Å². The van der Waals surface area contributed by atoms with Crippen molar-refractivity contribution in [2.45, 2.75) is 32.2 Å².